The summed E-state index contributed by atoms with van der Waals surface area (Å²) >= 11 is 0. The number of rotatable bonds is 9. The highest BCUT2D eigenvalue weighted by atomic mass is 16.3. The maximum Gasteiger partial charge on any atom is 0.235 e. The molecule has 6 heteroatoms. The number of phenolic OH excluding ortho intramolecular Hbond substituents is 1. The van der Waals surface area contributed by atoms with Gasteiger partial charge in [0.2, 0.25) is 5.88 Å². The second kappa shape index (κ2) is 8.66. The third kappa shape index (κ3) is 4.27. The first-order valence-electron chi connectivity index (χ1n) is 9.50. The molecule has 6 nitrogen and oxygen atoms in total. The Hall–Kier alpha value is -2.89. The van der Waals surface area contributed by atoms with Crippen molar-refractivity contribution in [1.82, 2.24) is 14.1 Å². The zero-order valence-corrected chi connectivity index (χ0v) is 15.7. The highest BCUT2D eigenvalue weighted by molar-refractivity contribution is 5.71. The number of aromatic hydroxyl groups is 3. The van der Waals surface area contributed by atoms with E-state index in [0.717, 1.165) is 49.0 Å². The van der Waals surface area contributed by atoms with Gasteiger partial charge in [-0.05, 0) is 49.1 Å². The summed E-state index contributed by atoms with van der Waals surface area (Å²) in [4.78, 5) is 4.04. The number of hydrogen-bond donors (Lipinski definition) is 3. The van der Waals surface area contributed by atoms with Crippen LogP contribution in [0.25, 0.3) is 11.3 Å². The molecule has 0 aliphatic rings. The molecule has 3 rings (SSSR count). The van der Waals surface area contributed by atoms with E-state index in [1.54, 1.807) is 29.2 Å². The Morgan fingerprint density at radius 2 is 1.74 bits per heavy atom. The zero-order chi connectivity index (χ0) is 19.2. The van der Waals surface area contributed by atoms with E-state index in [2.05, 4.69) is 11.9 Å². The molecular weight excluding hydrogens is 342 g/mol. The van der Waals surface area contributed by atoms with Gasteiger partial charge in [-0.3, -0.25) is 0 Å². The predicted octanol–water partition coefficient (Wildman–Crippen LogP) is 4.29. The molecule has 0 saturated heterocycles. The second-order valence-corrected chi connectivity index (χ2v) is 6.81. The van der Waals surface area contributed by atoms with Crippen LogP contribution < -0.4 is 0 Å². The number of phenols is 1. The van der Waals surface area contributed by atoms with E-state index in [9.17, 15) is 15.3 Å². The summed E-state index contributed by atoms with van der Waals surface area (Å²) in [5, 5.41) is 30.7. The van der Waals surface area contributed by atoms with Gasteiger partial charge in [-0.15, -0.1) is 0 Å². The van der Waals surface area contributed by atoms with E-state index >= 15 is 0 Å². The number of benzene rings is 1. The van der Waals surface area contributed by atoms with Crippen molar-refractivity contribution >= 4 is 0 Å². The number of unbranched alkanes of at least 4 members (excludes halogenated alkanes) is 2. The van der Waals surface area contributed by atoms with Crippen LogP contribution in [0.4, 0.5) is 0 Å². The van der Waals surface area contributed by atoms with Crippen LogP contribution in [0, 0.1) is 0 Å². The molecule has 0 amide bonds. The van der Waals surface area contributed by atoms with E-state index in [4.69, 9.17) is 0 Å². The van der Waals surface area contributed by atoms with Crippen molar-refractivity contribution in [2.24, 2.45) is 0 Å². The van der Waals surface area contributed by atoms with Crippen LogP contribution in [0.5, 0.6) is 17.4 Å². The third-order valence-electron chi connectivity index (χ3n) is 4.84. The van der Waals surface area contributed by atoms with Gasteiger partial charge in [-0.1, -0.05) is 19.8 Å². The molecule has 0 radical (unpaired) electrons. The lowest BCUT2D eigenvalue weighted by Gasteiger charge is -2.13. The molecule has 0 bridgehead atoms. The van der Waals surface area contributed by atoms with Crippen molar-refractivity contribution in [3.05, 3.63) is 48.5 Å². The quantitative estimate of drug-likeness (QED) is 0.491. The number of nitrogens with zero attached hydrogens (tertiary/aromatic N) is 3. The van der Waals surface area contributed by atoms with Crippen molar-refractivity contribution in [3.8, 4) is 28.6 Å². The van der Waals surface area contributed by atoms with Gasteiger partial charge in [0.1, 0.15) is 5.75 Å². The average molecular weight is 369 g/mol. The van der Waals surface area contributed by atoms with Crippen molar-refractivity contribution in [3.63, 3.8) is 0 Å². The molecule has 27 heavy (non-hydrogen) atoms. The van der Waals surface area contributed by atoms with E-state index in [0.29, 0.717) is 13.0 Å². The minimum absolute atomic E-state index is 0.0307. The molecule has 1 aromatic carbocycles. The molecule has 0 unspecified atom stereocenters. The summed E-state index contributed by atoms with van der Waals surface area (Å²) in [5.41, 5.74) is 2.47. The van der Waals surface area contributed by atoms with Crippen LogP contribution in [0.1, 0.15) is 38.2 Å². The first-order valence-corrected chi connectivity index (χ1v) is 9.50. The molecule has 3 N–H and O–H groups in total. The van der Waals surface area contributed by atoms with E-state index in [-0.39, 0.29) is 17.4 Å². The second-order valence-electron chi connectivity index (χ2n) is 6.81. The normalized spacial score (nSPS) is 11.1. The molecule has 0 spiro atoms. The smallest absolute Gasteiger partial charge is 0.235 e. The number of hydrogen-bond acceptors (Lipinski definition) is 4. The molecule has 2 aromatic heterocycles. The molecule has 3 aromatic rings. The molecular formula is C21H27N3O3. The third-order valence-corrected chi connectivity index (χ3v) is 4.84. The first-order chi connectivity index (χ1) is 13.1. The van der Waals surface area contributed by atoms with Crippen LogP contribution in [-0.4, -0.2) is 29.4 Å². The number of aryl methyl sites for hydroxylation is 1. The molecule has 0 fully saturated rings. The summed E-state index contributed by atoms with van der Waals surface area (Å²) in [5.74, 6) is 0.0740. The monoisotopic (exact) mass is 369 g/mol. The Kier molecular flexibility index (Phi) is 6.06. The van der Waals surface area contributed by atoms with E-state index in [1.165, 1.54) is 0 Å². The molecule has 0 atom stereocenters. The molecule has 0 saturated carbocycles. The lowest BCUT2D eigenvalue weighted by molar-refractivity contribution is 0.367. The van der Waals surface area contributed by atoms with E-state index < -0.39 is 0 Å². The van der Waals surface area contributed by atoms with Gasteiger partial charge in [0.25, 0.3) is 0 Å². The first kappa shape index (κ1) is 18.9. The van der Waals surface area contributed by atoms with Crippen LogP contribution in [0.3, 0.4) is 0 Å². The van der Waals surface area contributed by atoms with Crippen LogP contribution in [-0.2, 0) is 19.5 Å². The molecule has 2 heterocycles. The van der Waals surface area contributed by atoms with Crippen molar-refractivity contribution < 1.29 is 15.3 Å². The lowest BCUT2D eigenvalue weighted by Crippen LogP contribution is -2.05. The summed E-state index contributed by atoms with van der Waals surface area (Å²) < 4.78 is 3.77. The minimum Gasteiger partial charge on any atom is -0.508 e. The average Bonchev–Trinajstić information content (AvgIpc) is 3.26. The van der Waals surface area contributed by atoms with Gasteiger partial charge in [0, 0.05) is 31.0 Å². The van der Waals surface area contributed by atoms with Crippen molar-refractivity contribution in [2.75, 3.05) is 0 Å². The maximum atomic E-state index is 10.6. The van der Waals surface area contributed by atoms with Gasteiger partial charge in [-0.2, -0.15) is 0 Å². The Morgan fingerprint density at radius 3 is 2.41 bits per heavy atom. The summed E-state index contributed by atoms with van der Waals surface area (Å²) in [6.07, 6.45) is 10.0. The highest BCUT2D eigenvalue weighted by Gasteiger charge is 2.23. The summed E-state index contributed by atoms with van der Waals surface area (Å²) in [6, 6.07) is 6.89. The van der Waals surface area contributed by atoms with Gasteiger partial charge in [0.15, 0.2) is 5.75 Å². The van der Waals surface area contributed by atoms with Crippen LogP contribution in [0.2, 0.25) is 0 Å². The largest absolute Gasteiger partial charge is 0.508 e. The Labute approximate surface area is 159 Å². The van der Waals surface area contributed by atoms with Crippen molar-refractivity contribution in [2.45, 2.75) is 52.1 Å². The fourth-order valence-electron chi connectivity index (χ4n) is 3.43. The summed E-state index contributed by atoms with van der Waals surface area (Å²) in [7, 11) is 0. The number of aromatic nitrogens is 3. The molecule has 0 aliphatic heterocycles. The van der Waals surface area contributed by atoms with Crippen LogP contribution in [0.15, 0.2) is 43.0 Å². The Morgan fingerprint density at radius 1 is 0.963 bits per heavy atom. The summed E-state index contributed by atoms with van der Waals surface area (Å²) in [6.45, 7) is 3.49. The van der Waals surface area contributed by atoms with Gasteiger partial charge in [-0.25, -0.2) is 4.98 Å². The number of imidazole rings is 1. The Bertz CT molecular complexity index is 852. The SMILES string of the molecule is CCCCCc1c(O)c(O)n(CCCn2ccnc2)c1-c1ccc(O)cc1. The maximum absolute atomic E-state index is 10.6. The molecule has 0 aliphatic carbocycles. The minimum atomic E-state index is -0.0878. The van der Waals surface area contributed by atoms with Crippen molar-refractivity contribution in [1.29, 1.82) is 0 Å². The van der Waals surface area contributed by atoms with Crippen LogP contribution >= 0.6 is 0 Å². The fourth-order valence-corrected chi connectivity index (χ4v) is 3.43. The lowest BCUT2D eigenvalue weighted by atomic mass is 10.0. The standard InChI is InChI=1S/C21H27N3O3/c1-2-3-4-6-18-19(16-7-9-17(25)10-8-16)24(21(27)20(18)26)13-5-12-23-14-11-22-15-23/h7-11,14-15,25-27H,2-6,12-13H2,1H3. The highest BCUT2D eigenvalue weighted by Crippen LogP contribution is 2.42. The van der Waals surface area contributed by atoms with Gasteiger partial charge >= 0.3 is 0 Å². The predicted molar refractivity (Wildman–Crippen MR) is 105 cm³/mol. The fraction of sp³-hybridized carbons (Fsp3) is 0.381. The van der Waals surface area contributed by atoms with Gasteiger partial charge in [0.05, 0.1) is 12.0 Å². The Balaban J connectivity index is 1.91. The topological polar surface area (TPSA) is 83.4 Å². The zero-order valence-electron chi connectivity index (χ0n) is 15.7. The van der Waals surface area contributed by atoms with E-state index in [1.807, 2.05) is 22.9 Å². The van der Waals surface area contributed by atoms with Gasteiger partial charge < -0.3 is 24.5 Å². The molecule has 144 valence electrons.